The van der Waals surface area contributed by atoms with Gasteiger partial charge in [0.05, 0.1) is 5.52 Å². The van der Waals surface area contributed by atoms with Crippen LogP contribution in [0, 0.1) is 5.82 Å². The van der Waals surface area contributed by atoms with Gasteiger partial charge in [0.25, 0.3) is 0 Å². The fourth-order valence-corrected chi connectivity index (χ4v) is 5.82. The molecule has 0 amide bonds. The average Bonchev–Trinajstić information content (AvgIpc) is 3.16. The second kappa shape index (κ2) is 8.34. The van der Waals surface area contributed by atoms with Crippen molar-refractivity contribution in [3.05, 3.63) is 84.3 Å². The minimum Gasteiger partial charge on any atom is -0.312 e. The Morgan fingerprint density at radius 3 is 2.70 bits per heavy atom. The van der Waals surface area contributed by atoms with Crippen LogP contribution in [0.3, 0.4) is 0 Å². The zero-order valence-electron chi connectivity index (χ0n) is 17.0. The first-order chi connectivity index (χ1) is 14.4. The van der Waals surface area contributed by atoms with Crippen molar-refractivity contribution in [3.8, 4) is 0 Å². The van der Waals surface area contributed by atoms with E-state index in [0.717, 1.165) is 37.1 Å². The lowest BCUT2D eigenvalue weighted by molar-refractivity contribution is 0.200. The summed E-state index contributed by atoms with van der Waals surface area (Å²) in [5, 5.41) is 3.40. The van der Waals surface area contributed by atoms with E-state index in [1.54, 1.807) is 6.20 Å². The number of halogens is 1. The largest absolute Gasteiger partial charge is 0.312 e. The maximum absolute atomic E-state index is 13.4. The first-order valence-corrected chi connectivity index (χ1v) is 11.6. The number of nitrogens with one attached hydrogen (secondary N) is 1. The van der Waals surface area contributed by atoms with Crippen molar-refractivity contribution in [3.63, 3.8) is 0 Å². The summed E-state index contributed by atoms with van der Waals surface area (Å²) in [6, 6.07) is 13.6. The number of benzene rings is 2. The predicted molar refractivity (Wildman–Crippen MR) is 118 cm³/mol. The summed E-state index contributed by atoms with van der Waals surface area (Å²) < 4.78 is 41.5. The Morgan fingerprint density at radius 2 is 2.00 bits per heavy atom. The molecule has 0 spiro atoms. The highest BCUT2D eigenvalue weighted by atomic mass is 32.2. The van der Waals surface area contributed by atoms with Crippen LogP contribution in [0.25, 0.3) is 10.9 Å². The van der Waals surface area contributed by atoms with Gasteiger partial charge in [-0.3, -0.25) is 4.90 Å². The molecule has 2 unspecified atom stereocenters. The topological polar surface area (TPSA) is 54.3 Å². The second-order valence-corrected chi connectivity index (χ2v) is 9.74. The van der Waals surface area contributed by atoms with Gasteiger partial charge in [-0.05, 0) is 42.3 Å². The quantitative estimate of drug-likeness (QED) is 0.610. The summed E-state index contributed by atoms with van der Waals surface area (Å²) in [7, 11) is -3.81. The zero-order chi connectivity index (χ0) is 21.3. The number of hydrogen-bond donors (Lipinski definition) is 1. The smallest absolute Gasteiger partial charge is 0.249 e. The molecule has 158 valence electrons. The fraction of sp³-hybridized carbons (Fsp3) is 0.304. The van der Waals surface area contributed by atoms with Crippen molar-refractivity contribution in [1.29, 1.82) is 0 Å². The Morgan fingerprint density at radius 1 is 1.23 bits per heavy atom. The zero-order valence-corrected chi connectivity index (χ0v) is 17.8. The van der Waals surface area contributed by atoms with Crippen molar-refractivity contribution >= 4 is 20.9 Å². The minimum atomic E-state index is -3.81. The van der Waals surface area contributed by atoms with Crippen LogP contribution in [-0.4, -0.2) is 43.0 Å². The van der Waals surface area contributed by atoms with Crippen LogP contribution < -0.4 is 5.32 Å². The number of rotatable bonds is 6. The molecule has 1 fully saturated rings. The average molecular weight is 428 g/mol. The van der Waals surface area contributed by atoms with E-state index in [4.69, 9.17) is 0 Å². The predicted octanol–water partition coefficient (Wildman–Crippen LogP) is 3.68. The lowest BCUT2D eigenvalue weighted by atomic mass is 10.1. The third-order valence-corrected chi connectivity index (χ3v) is 7.62. The molecule has 0 bridgehead atoms. The van der Waals surface area contributed by atoms with Crippen molar-refractivity contribution in [2.75, 3.05) is 19.6 Å². The van der Waals surface area contributed by atoms with Gasteiger partial charge in [0.2, 0.25) is 10.0 Å². The highest BCUT2D eigenvalue weighted by Gasteiger charge is 2.28. The first kappa shape index (κ1) is 20.8. The molecule has 2 heterocycles. The number of fused-ring (bicyclic) bond motifs is 1. The van der Waals surface area contributed by atoms with E-state index in [2.05, 4.69) is 29.8 Å². The van der Waals surface area contributed by atoms with E-state index in [1.165, 1.54) is 34.3 Å². The number of nitrogens with zero attached hydrogens (tertiary/aromatic N) is 2. The Kier molecular flexibility index (Phi) is 5.77. The molecule has 7 heteroatoms. The van der Waals surface area contributed by atoms with E-state index in [0.29, 0.717) is 17.1 Å². The summed E-state index contributed by atoms with van der Waals surface area (Å²) in [6.45, 7) is 9.53. The van der Waals surface area contributed by atoms with E-state index in [9.17, 15) is 12.8 Å². The van der Waals surface area contributed by atoms with Gasteiger partial charge in [0.1, 0.15) is 11.1 Å². The molecule has 30 heavy (non-hydrogen) atoms. The van der Waals surface area contributed by atoms with E-state index in [-0.39, 0.29) is 0 Å². The summed E-state index contributed by atoms with van der Waals surface area (Å²) >= 11 is 0. The van der Waals surface area contributed by atoms with Crippen molar-refractivity contribution in [1.82, 2.24) is 14.2 Å². The van der Waals surface area contributed by atoms with E-state index in [1.807, 2.05) is 18.2 Å². The molecule has 1 aliphatic rings. The molecule has 0 aliphatic carbocycles. The molecule has 1 N–H and O–H groups in total. The molecule has 1 aliphatic heterocycles. The summed E-state index contributed by atoms with van der Waals surface area (Å²) in [5.41, 5.74) is 2.23. The lowest BCUT2D eigenvalue weighted by Gasteiger charge is -2.32. The van der Waals surface area contributed by atoms with Gasteiger partial charge in [-0.25, -0.2) is 16.8 Å². The van der Waals surface area contributed by atoms with Crippen LogP contribution in [0.1, 0.15) is 23.3 Å². The molecule has 2 atom stereocenters. The van der Waals surface area contributed by atoms with Gasteiger partial charge in [-0.15, -0.1) is 6.58 Å². The van der Waals surface area contributed by atoms with Gasteiger partial charge < -0.3 is 5.32 Å². The monoisotopic (exact) mass is 427 g/mol. The Hall–Kier alpha value is -2.48. The highest BCUT2D eigenvalue weighted by molar-refractivity contribution is 7.90. The molecular formula is C23H26FN3O2S. The van der Waals surface area contributed by atoms with Gasteiger partial charge in [-0.1, -0.05) is 30.3 Å². The van der Waals surface area contributed by atoms with Gasteiger partial charge in [-0.2, -0.15) is 0 Å². The number of hydrogen-bond acceptors (Lipinski definition) is 4. The summed E-state index contributed by atoms with van der Waals surface area (Å²) in [5.74, 6) is -0.405. The minimum absolute atomic E-state index is 0.405. The van der Waals surface area contributed by atoms with Crippen LogP contribution >= 0.6 is 0 Å². The molecular weight excluding hydrogens is 401 g/mol. The van der Waals surface area contributed by atoms with Crippen molar-refractivity contribution in [2.45, 2.75) is 24.8 Å². The van der Waals surface area contributed by atoms with Crippen molar-refractivity contribution in [2.24, 2.45) is 0 Å². The molecule has 1 saturated heterocycles. The highest BCUT2D eigenvalue weighted by Crippen LogP contribution is 2.30. The molecule has 2 aromatic carbocycles. The molecule has 3 aromatic rings. The standard InChI is InChI=1S/C23H26FN3O2S/c1-3-23(18-7-9-20(24)10-8-18)30(28,29)27-13-11-21-19(5-4-6-22(21)27)16-26-14-12-25-17(2)15-26/h3-11,13,17,23,25H,1,12,14-16H2,2H3. The molecule has 5 nitrogen and oxygen atoms in total. The summed E-state index contributed by atoms with van der Waals surface area (Å²) in [4.78, 5) is 2.38. The van der Waals surface area contributed by atoms with Crippen LogP contribution in [0.2, 0.25) is 0 Å². The van der Waals surface area contributed by atoms with Crippen LogP contribution in [0.15, 0.2) is 67.4 Å². The normalized spacial score (nSPS) is 19.1. The first-order valence-electron chi connectivity index (χ1n) is 10.1. The molecule has 1 aromatic heterocycles. The van der Waals surface area contributed by atoms with Crippen LogP contribution in [-0.2, 0) is 16.6 Å². The van der Waals surface area contributed by atoms with Crippen LogP contribution in [0.4, 0.5) is 4.39 Å². The SMILES string of the molecule is C=CC(c1ccc(F)cc1)S(=O)(=O)n1ccc2c(CN3CCNC(C)C3)cccc21. The third kappa shape index (κ3) is 3.93. The Bertz CT molecular complexity index is 1150. The van der Waals surface area contributed by atoms with Gasteiger partial charge >= 0.3 is 0 Å². The Balaban J connectivity index is 1.70. The Labute approximate surface area is 176 Å². The fourth-order valence-electron chi connectivity index (χ4n) is 4.17. The van der Waals surface area contributed by atoms with Gasteiger partial charge in [0, 0.05) is 43.8 Å². The van der Waals surface area contributed by atoms with Crippen LogP contribution in [0.5, 0.6) is 0 Å². The number of piperazine rings is 1. The van der Waals surface area contributed by atoms with Gasteiger partial charge in [0.15, 0.2) is 0 Å². The maximum Gasteiger partial charge on any atom is 0.249 e. The lowest BCUT2D eigenvalue weighted by Crippen LogP contribution is -2.48. The maximum atomic E-state index is 13.4. The van der Waals surface area contributed by atoms with Crippen molar-refractivity contribution < 1.29 is 12.8 Å². The molecule has 4 rings (SSSR count). The van der Waals surface area contributed by atoms with E-state index < -0.39 is 21.1 Å². The summed E-state index contributed by atoms with van der Waals surface area (Å²) in [6.07, 6.45) is 2.99. The van der Waals surface area contributed by atoms with E-state index >= 15 is 0 Å². The second-order valence-electron chi connectivity index (χ2n) is 7.80. The molecule has 0 radical (unpaired) electrons. The molecule has 0 saturated carbocycles. The number of aromatic nitrogens is 1. The third-order valence-electron chi connectivity index (χ3n) is 5.64.